The molecule has 2 aromatic rings. The number of ether oxygens (including phenoxy) is 6. The molecule has 6 heteroatoms. The van der Waals surface area contributed by atoms with E-state index in [9.17, 15) is 0 Å². The fourth-order valence-electron chi connectivity index (χ4n) is 5.45. The maximum atomic E-state index is 6.60. The molecule has 0 bridgehead atoms. The number of hydrogen-bond donors (Lipinski definition) is 0. The van der Waals surface area contributed by atoms with Gasteiger partial charge < -0.3 is 28.4 Å². The van der Waals surface area contributed by atoms with Gasteiger partial charge in [-0.2, -0.15) is 0 Å². The number of benzene rings is 2. The summed E-state index contributed by atoms with van der Waals surface area (Å²) < 4.78 is 36.0. The van der Waals surface area contributed by atoms with Crippen LogP contribution in [0.5, 0.6) is 28.7 Å². The van der Waals surface area contributed by atoms with Crippen molar-refractivity contribution < 1.29 is 28.4 Å². The van der Waals surface area contributed by atoms with Gasteiger partial charge in [-0.25, -0.2) is 0 Å². The monoisotopic (exact) mass is 422 g/mol. The number of rotatable bonds is 3. The summed E-state index contributed by atoms with van der Waals surface area (Å²) in [6.07, 6.45) is 0.853. The summed E-state index contributed by atoms with van der Waals surface area (Å²) in [5, 5.41) is 0. The summed E-state index contributed by atoms with van der Waals surface area (Å²) in [4.78, 5) is 0. The standard InChI is InChI=1S/C25H26O6/c1-25(2)15-8-13(15)21-16(31-25)7-6-12-23(28-5)22-14-9-18(26-3)19(27-4)10-17(14)29-11-20(22)30-24(12)21/h6-7,9-10,13,15,20H,8,11H2,1-5H3/t13?,15?,20-/m1/s1. The lowest BCUT2D eigenvalue weighted by Crippen LogP contribution is -2.36. The molecule has 0 amide bonds. The van der Waals surface area contributed by atoms with E-state index in [1.807, 2.05) is 18.2 Å². The Labute approximate surface area is 181 Å². The highest BCUT2D eigenvalue weighted by molar-refractivity contribution is 5.96. The highest BCUT2D eigenvalue weighted by Gasteiger charge is 2.56. The molecule has 0 aromatic heterocycles. The molecule has 0 radical (unpaired) electrons. The molecule has 3 atom stereocenters. The van der Waals surface area contributed by atoms with Crippen LogP contribution in [0.2, 0.25) is 0 Å². The van der Waals surface area contributed by atoms with Crippen LogP contribution in [0.15, 0.2) is 24.3 Å². The predicted octanol–water partition coefficient (Wildman–Crippen LogP) is 4.65. The van der Waals surface area contributed by atoms with Gasteiger partial charge in [-0.1, -0.05) is 0 Å². The highest BCUT2D eigenvalue weighted by atomic mass is 16.5. The molecule has 1 aliphatic carbocycles. The van der Waals surface area contributed by atoms with E-state index in [4.69, 9.17) is 28.4 Å². The molecular weight excluding hydrogens is 396 g/mol. The maximum Gasteiger partial charge on any atom is 0.164 e. The molecule has 3 heterocycles. The van der Waals surface area contributed by atoms with E-state index in [0.717, 1.165) is 46.1 Å². The second-order valence-corrected chi connectivity index (χ2v) is 9.08. The topological polar surface area (TPSA) is 55.4 Å². The van der Waals surface area contributed by atoms with E-state index in [0.29, 0.717) is 29.9 Å². The van der Waals surface area contributed by atoms with Crippen molar-refractivity contribution in [1.82, 2.24) is 0 Å². The molecule has 31 heavy (non-hydrogen) atoms. The zero-order valence-electron chi connectivity index (χ0n) is 18.4. The Balaban J connectivity index is 1.55. The van der Waals surface area contributed by atoms with Crippen LogP contribution in [-0.2, 0) is 4.74 Å². The van der Waals surface area contributed by atoms with Crippen molar-refractivity contribution in [2.24, 2.45) is 5.92 Å². The van der Waals surface area contributed by atoms with E-state index < -0.39 is 0 Å². The molecule has 2 unspecified atom stereocenters. The Bertz CT molecular complexity index is 1130. The molecule has 3 aliphatic heterocycles. The quantitative estimate of drug-likeness (QED) is 0.718. The average molecular weight is 422 g/mol. The smallest absolute Gasteiger partial charge is 0.164 e. The molecule has 0 N–H and O–H groups in total. The largest absolute Gasteiger partial charge is 0.496 e. The molecule has 1 saturated carbocycles. The molecule has 6 nitrogen and oxygen atoms in total. The third-order valence-electron chi connectivity index (χ3n) is 7.02. The van der Waals surface area contributed by atoms with Crippen LogP contribution < -0.4 is 23.7 Å². The van der Waals surface area contributed by atoms with Gasteiger partial charge in [0.15, 0.2) is 17.6 Å². The number of methoxy groups -OCH3 is 3. The van der Waals surface area contributed by atoms with Crippen molar-refractivity contribution in [3.05, 3.63) is 41.0 Å². The van der Waals surface area contributed by atoms with Crippen molar-refractivity contribution in [3.8, 4) is 28.7 Å². The fraction of sp³-hybridized carbons (Fsp3) is 0.440. The van der Waals surface area contributed by atoms with Crippen molar-refractivity contribution in [3.63, 3.8) is 0 Å². The van der Waals surface area contributed by atoms with Gasteiger partial charge in [0, 0.05) is 28.7 Å². The third kappa shape index (κ3) is 2.51. The van der Waals surface area contributed by atoms with Gasteiger partial charge in [-0.05, 0) is 44.4 Å². The molecule has 0 saturated heterocycles. The minimum atomic E-state index is -0.272. The Hall–Kier alpha value is -3.02. The first-order valence-corrected chi connectivity index (χ1v) is 10.7. The van der Waals surface area contributed by atoms with Gasteiger partial charge in [0.2, 0.25) is 0 Å². The average Bonchev–Trinajstić information content (AvgIpc) is 3.57. The summed E-state index contributed by atoms with van der Waals surface area (Å²) in [5.41, 5.74) is 3.86. The van der Waals surface area contributed by atoms with Crippen LogP contribution in [0.4, 0.5) is 0 Å². The van der Waals surface area contributed by atoms with Gasteiger partial charge in [-0.15, -0.1) is 0 Å². The summed E-state index contributed by atoms with van der Waals surface area (Å²) in [5.74, 6) is 5.60. The van der Waals surface area contributed by atoms with E-state index >= 15 is 0 Å². The lowest BCUT2D eigenvalue weighted by atomic mass is 9.87. The summed E-state index contributed by atoms with van der Waals surface area (Å²) in [6.45, 7) is 4.74. The SMILES string of the molecule is COC1=C2c3cc(OC)c(OC)cc3OC[C@H]2Oc2c1ccc1c2C2CC2C(C)(C)O1. The fourth-order valence-corrected chi connectivity index (χ4v) is 5.45. The zero-order valence-corrected chi connectivity index (χ0v) is 18.4. The Morgan fingerprint density at radius 1 is 0.935 bits per heavy atom. The third-order valence-corrected chi connectivity index (χ3v) is 7.02. The Morgan fingerprint density at radius 3 is 2.45 bits per heavy atom. The van der Waals surface area contributed by atoms with Gasteiger partial charge in [0.05, 0.1) is 26.9 Å². The normalized spacial score (nSPS) is 25.9. The number of hydrogen-bond acceptors (Lipinski definition) is 6. The highest BCUT2D eigenvalue weighted by Crippen LogP contribution is 2.64. The van der Waals surface area contributed by atoms with Crippen LogP contribution in [-0.4, -0.2) is 39.6 Å². The van der Waals surface area contributed by atoms with E-state index in [1.165, 1.54) is 5.56 Å². The maximum absolute atomic E-state index is 6.60. The van der Waals surface area contributed by atoms with Crippen molar-refractivity contribution >= 4 is 11.3 Å². The predicted molar refractivity (Wildman–Crippen MR) is 115 cm³/mol. The van der Waals surface area contributed by atoms with E-state index in [1.54, 1.807) is 21.3 Å². The lowest BCUT2D eigenvalue weighted by Gasteiger charge is -2.38. The zero-order chi connectivity index (χ0) is 21.5. The summed E-state index contributed by atoms with van der Waals surface area (Å²) >= 11 is 0. The van der Waals surface area contributed by atoms with Crippen LogP contribution in [0.25, 0.3) is 11.3 Å². The van der Waals surface area contributed by atoms with Crippen molar-refractivity contribution in [1.29, 1.82) is 0 Å². The van der Waals surface area contributed by atoms with Gasteiger partial charge in [-0.3, -0.25) is 0 Å². The second-order valence-electron chi connectivity index (χ2n) is 9.08. The summed E-state index contributed by atoms with van der Waals surface area (Å²) in [7, 11) is 4.96. The van der Waals surface area contributed by atoms with Crippen LogP contribution in [0.3, 0.4) is 0 Å². The molecule has 0 spiro atoms. The first-order valence-electron chi connectivity index (χ1n) is 10.7. The Kier molecular flexibility index (Phi) is 3.78. The van der Waals surface area contributed by atoms with Crippen molar-refractivity contribution in [2.45, 2.75) is 37.9 Å². The first kappa shape index (κ1) is 18.7. The first-order chi connectivity index (χ1) is 15.0. The van der Waals surface area contributed by atoms with Gasteiger partial charge in [0.1, 0.15) is 35.2 Å². The van der Waals surface area contributed by atoms with Gasteiger partial charge in [0.25, 0.3) is 0 Å². The minimum absolute atomic E-state index is 0.145. The molecular formula is C25H26O6. The van der Waals surface area contributed by atoms with E-state index in [-0.39, 0.29) is 11.7 Å². The number of fused-ring (bicyclic) bond motifs is 8. The molecule has 1 fully saturated rings. The lowest BCUT2D eigenvalue weighted by molar-refractivity contribution is 0.0691. The van der Waals surface area contributed by atoms with Crippen molar-refractivity contribution in [2.75, 3.05) is 27.9 Å². The van der Waals surface area contributed by atoms with Crippen LogP contribution in [0, 0.1) is 5.92 Å². The molecule has 162 valence electrons. The summed E-state index contributed by atoms with van der Waals surface area (Å²) in [6, 6.07) is 7.90. The molecule has 2 aromatic carbocycles. The van der Waals surface area contributed by atoms with Crippen LogP contribution >= 0.6 is 0 Å². The molecule has 6 rings (SSSR count). The Morgan fingerprint density at radius 2 is 1.71 bits per heavy atom. The second kappa shape index (κ2) is 6.25. The van der Waals surface area contributed by atoms with Crippen LogP contribution in [0.1, 0.15) is 42.9 Å². The van der Waals surface area contributed by atoms with Gasteiger partial charge >= 0.3 is 0 Å². The van der Waals surface area contributed by atoms with E-state index in [2.05, 4.69) is 19.9 Å². The molecule has 4 aliphatic rings. The minimum Gasteiger partial charge on any atom is -0.496 e.